The third kappa shape index (κ3) is 1.50. The summed E-state index contributed by atoms with van der Waals surface area (Å²) in [6.07, 6.45) is 0. The molecule has 0 saturated carbocycles. The Labute approximate surface area is 93.0 Å². The summed E-state index contributed by atoms with van der Waals surface area (Å²) >= 11 is 0. The number of hydrogen-bond donors (Lipinski definition) is 1. The van der Waals surface area contributed by atoms with Gasteiger partial charge in [-0.25, -0.2) is 9.69 Å². The highest BCUT2D eigenvalue weighted by Gasteiger charge is 2.37. The Morgan fingerprint density at radius 1 is 1.31 bits per heavy atom. The zero-order valence-electron chi connectivity index (χ0n) is 9.06. The van der Waals surface area contributed by atoms with E-state index in [0.29, 0.717) is 11.4 Å². The van der Waals surface area contributed by atoms with E-state index in [2.05, 4.69) is 5.32 Å². The van der Waals surface area contributed by atoms with E-state index >= 15 is 0 Å². The number of nitrogens with one attached hydrogen (secondary N) is 1. The van der Waals surface area contributed by atoms with Crippen molar-refractivity contribution in [2.45, 2.75) is 13.0 Å². The van der Waals surface area contributed by atoms with Crippen molar-refractivity contribution >= 4 is 17.6 Å². The highest BCUT2D eigenvalue weighted by atomic mass is 16.5. The molecule has 2 rings (SSSR count). The molecular formula is C11H12N2O3. The minimum Gasteiger partial charge on any atom is -0.495 e. The van der Waals surface area contributed by atoms with Gasteiger partial charge in [0, 0.05) is 0 Å². The molecule has 1 N–H and O–H groups in total. The van der Waals surface area contributed by atoms with Gasteiger partial charge < -0.3 is 10.1 Å². The maximum absolute atomic E-state index is 11.8. The molecule has 1 aromatic rings. The van der Waals surface area contributed by atoms with Crippen LogP contribution in [0, 0.1) is 0 Å². The predicted octanol–water partition coefficient (Wildman–Crippen LogP) is 1.14. The number of carbonyl (C=O) groups excluding carboxylic acids is 2. The average molecular weight is 220 g/mol. The number of para-hydroxylation sites is 2. The van der Waals surface area contributed by atoms with Gasteiger partial charge in [0.1, 0.15) is 11.8 Å². The van der Waals surface area contributed by atoms with Crippen molar-refractivity contribution in [3.63, 3.8) is 0 Å². The Morgan fingerprint density at radius 3 is 2.56 bits per heavy atom. The quantitative estimate of drug-likeness (QED) is 0.760. The van der Waals surface area contributed by atoms with E-state index < -0.39 is 12.1 Å². The monoisotopic (exact) mass is 220 g/mol. The number of methoxy groups -OCH3 is 1. The van der Waals surface area contributed by atoms with E-state index in [1.54, 1.807) is 31.2 Å². The number of urea groups is 1. The molecule has 16 heavy (non-hydrogen) atoms. The second-order valence-electron chi connectivity index (χ2n) is 3.52. The summed E-state index contributed by atoms with van der Waals surface area (Å²) in [5.41, 5.74) is 0.469. The molecule has 1 atom stereocenters. The predicted molar refractivity (Wildman–Crippen MR) is 58.5 cm³/mol. The number of anilines is 1. The minimum absolute atomic E-state index is 0.269. The Balaban J connectivity index is 2.44. The lowest BCUT2D eigenvalue weighted by Crippen LogP contribution is -2.31. The van der Waals surface area contributed by atoms with Gasteiger partial charge in [-0.2, -0.15) is 0 Å². The molecule has 5 heteroatoms. The van der Waals surface area contributed by atoms with Crippen LogP contribution in [0.1, 0.15) is 6.92 Å². The fraction of sp³-hybridized carbons (Fsp3) is 0.273. The summed E-state index contributed by atoms with van der Waals surface area (Å²) in [5, 5.41) is 2.55. The van der Waals surface area contributed by atoms with Gasteiger partial charge >= 0.3 is 6.03 Å². The van der Waals surface area contributed by atoms with Crippen molar-refractivity contribution in [1.82, 2.24) is 5.32 Å². The van der Waals surface area contributed by atoms with Crippen LogP contribution in [0.2, 0.25) is 0 Å². The Bertz CT molecular complexity index is 445. The van der Waals surface area contributed by atoms with Gasteiger partial charge in [-0.3, -0.25) is 4.79 Å². The third-order valence-electron chi connectivity index (χ3n) is 2.46. The number of rotatable bonds is 2. The smallest absolute Gasteiger partial charge is 0.329 e. The molecule has 1 fully saturated rings. The molecule has 1 unspecified atom stereocenters. The zero-order valence-corrected chi connectivity index (χ0v) is 9.06. The molecule has 5 nitrogen and oxygen atoms in total. The number of ether oxygens (including phenoxy) is 1. The van der Waals surface area contributed by atoms with Gasteiger partial charge in [0.05, 0.1) is 12.8 Å². The van der Waals surface area contributed by atoms with Crippen molar-refractivity contribution in [1.29, 1.82) is 0 Å². The van der Waals surface area contributed by atoms with Gasteiger partial charge in [-0.1, -0.05) is 12.1 Å². The van der Waals surface area contributed by atoms with E-state index in [1.807, 2.05) is 0 Å². The van der Waals surface area contributed by atoms with Crippen LogP contribution in [0.25, 0.3) is 0 Å². The molecule has 0 radical (unpaired) electrons. The van der Waals surface area contributed by atoms with Crippen molar-refractivity contribution in [3.8, 4) is 5.75 Å². The van der Waals surface area contributed by atoms with Crippen molar-refractivity contribution in [2.75, 3.05) is 12.0 Å². The molecule has 0 bridgehead atoms. The van der Waals surface area contributed by atoms with Crippen molar-refractivity contribution in [3.05, 3.63) is 24.3 Å². The van der Waals surface area contributed by atoms with Crippen LogP contribution < -0.4 is 15.0 Å². The van der Waals surface area contributed by atoms with Crippen LogP contribution in [0.3, 0.4) is 0 Å². The number of amides is 3. The highest BCUT2D eigenvalue weighted by molar-refractivity contribution is 6.21. The molecule has 1 heterocycles. The molecule has 0 aromatic heterocycles. The maximum atomic E-state index is 11.8. The first-order chi connectivity index (χ1) is 7.65. The first-order valence-corrected chi connectivity index (χ1v) is 4.92. The van der Waals surface area contributed by atoms with Crippen LogP contribution in [-0.4, -0.2) is 25.1 Å². The van der Waals surface area contributed by atoms with Crippen LogP contribution in [0.4, 0.5) is 10.5 Å². The number of nitrogens with zero attached hydrogens (tertiary/aromatic N) is 1. The van der Waals surface area contributed by atoms with E-state index in [9.17, 15) is 9.59 Å². The fourth-order valence-corrected chi connectivity index (χ4v) is 1.65. The van der Waals surface area contributed by atoms with Gasteiger partial charge in [0.25, 0.3) is 5.91 Å². The Morgan fingerprint density at radius 2 is 2.00 bits per heavy atom. The van der Waals surface area contributed by atoms with Crippen LogP contribution in [-0.2, 0) is 4.79 Å². The van der Waals surface area contributed by atoms with E-state index in [-0.39, 0.29) is 5.91 Å². The lowest BCUT2D eigenvalue weighted by molar-refractivity contribution is -0.117. The van der Waals surface area contributed by atoms with Crippen LogP contribution in [0.5, 0.6) is 5.75 Å². The Hall–Kier alpha value is -2.04. The highest BCUT2D eigenvalue weighted by Crippen LogP contribution is 2.29. The topological polar surface area (TPSA) is 58.6 Å². The summed E-state index contributed by atoms with van der Waals surface area (Å²) in [6.45, 7) is 1.65. The number of imide groups is 1. The summed E-state index contributed by atoms with van der Waals surface area (Å²) in [7, 11) is 1.50. The lowest BCUT2D eigenvalue weighted by atomic mass is 10.2. The molecule has 0 spiro atoms. The standard InChI is InChI=1S/C11H12N2O3/c1-7-10(14)13(11(15)12-7)8-5-3-4-6-9(8)16-2/h3-7H,1-2H3,(H,12,15). The molecule has 84 valence electrons. The fourth-order valence-electron chi connectivity index (χ4n) is 1.65. The minimum atomic E-state index is -0.489. The number of hydrogen-bond acceptors (Lipinski definition) is 3. The summed E-state index contributed by atoms with van der Waals surface area (Å²) in [6, 6.07) is 6.01. The normalized spacial score (nSPS) is 19.9. The van der Waals surface area contributed by atoms with Crippen LogP contribution in [0.15, 0.2) is 24.3 Å². The van der Waals surface area contributed by atoms with Gasteiger partial charge in [0.15, 0.2) is 0 Å². The second kappa shape index (κ2) is 3.84. The van der Waals surface area contributed by atoms with E-state index in [1.165, 1.54) is 7.11 Å². The summed E-state index contributed by atoms with van der Waals surface area (Å²) < 4.78 is 5.12. The molecule has 1 saturated heterocycles. The van der Waals surface area contributed by atoms with Gasteiger partial charge in [-0.15, -0.1) is 0 Å². The largest absolute Gasteiger partial charge is 0.495 e. The first kappa shape index (κ1) is 10.5. The molecule has 1 aromatic carbocycles. The zero-order chi connectivity index (χ0) is 11.7. The first-order valence-electron chi connectivity index (χ1n) is 4.92. The Kier molecular flexibility index (Phi) is 2.52. The van der Waals surface area contributed by atoms with E-state index in [0.717, 1.165) is 4.90 Å². The van der Waals surface area contributed by atoms with Gasteiger partial charge in [-0.05, 0) is 19.1 Å². The number of benzene rings is 1. The van der Waals surface area contributed by atoms with Crippen molar-refractivity contribution in [2.24, 2.45) is 0 Å². The molecule has 3 amide bonds. The van der Waals surface area contributed by atoms with E-state index in [4.69, 9.17) is 4.74 Å². The number of carbonyl (C=O) groups is 2. The van der Waals surface area contributed by atoms with Crippen molar-refractivity contribution < 1.29 is 14.3 Å². The molecule has 0 aliphatic carbocycles. The summed E-state index contributed by atoms with van der Waals surface area (Å²) in [4.78, 5) is 24.5. The molecule has 1 aliphatic heterocycles. The maximum Gasteiger partial charge on any atom is 0.329 e. The third-order valence-corrected chi connectivity index (χ3v) is 2.46. The summed E-state index contributed by atoms with van der Waals surface area (Å²) in [5.74, 6) is 0.231. The van der Waals surface area contributed by atoms with Gasteiger partial charge in [0.2, 0.25) is 0 Å². The second-order valence-corrected chi connectivity index (χ2v) is 3.52. The lowest BCUT2D eigenvalue weighted by Gasteiger charge is -2.15. The molecule has 1 aliphatic rings. The SMILES string of the molecule is COc1ccccc1N1C(=O)NC(C)C1=O. The average Bonchev–Trinajstić information content (AvgIpc) is 2.53. The van der Waals surface area contributed by atoms with Crippen LogP contribution >= 0.6 is 0 Å². The molecular weight excluding hydrogens is 208 g/mol.